The van der Waals surface area contributed by atoms with E-state index in [9.17, 15) is 9.59 Å². The number of aliphatic carboxylic acids is 1. The maximum atomic E-state index is 11.6. The fourth-order valence-corrected chi connectivity index (χ4v) is 1.95. The molecule has 19 heavy (non-hydrogen) atoms. The normalized spacial score (nSPS) is 23.3. The van der Waals surface area contributed by atoms with Crippen molar-refractivity contribution in [3.8, 4) is 0 Å². The molecule has 7 heteroatoms. The second-order valence-corrected chi connectivity index (χ2v) is 4.67. The molecule has 1 unspecified atom stereocenters. The van der Waals surface area contributed by atoms with Crippen LogP contribution in [0, 0.1) is 0 Å². The Morgan fingerprint density at radius 1 is 1.37 bits per heavy atom. The van der Waals surface area contributed by atoms with Gasteiger partial charge in [0, 0.05) is 26.9 Å². The van der Waals surface area contributed by atoms with Gasteiger partial charge in [0.15, 0.2) is 0 Å². The molecule has 0 heterocycles. The Morgan fingerprint density at radius 2 is 2.05 bits per heavy atom. The molecular weight excluding hydrogens is 252 g/mol. The van der Waals surface area contributed by atoms with Crippen LogP contribution in [0.3, 0.4) is 0 Å². The third kappa shape index (κ3) is 5.44. The third-order valence-electron chi connectivity index (χ3n) is 3.21. The number of carbonyl (C=O) groups is 2. The third-order valence-corrected chi connectivity index (χ3v) is 3.21. The van der Waals surface area contributed by atoms with Gasteiger partial charge < -0.3 is 25.2 Å². The van der Waals surface area contributed by atoms with E-state index >= 15 is 0 Å². The van der Waals surface area contributed by atoms with E-state index in [4.69, 9.17) is 14.6 Å². The summed E-state index contributed by atoms with van der Waals surface area (Å²) in [6.07, 6.45) is 2.67. The summed E-state index contributed by atoms with van der Waals surface area (Å²) in [5.74, 6) is -1.03. The van der Waals surface area contributed by atoms with Gasteiger partial charge in [0.05, 0.1) is 6.10 Å². The molecular formula is C12H22N2O5. The van der Waals surface area contributed by atoms with Crippen LogP contribution in [0.1, 0.15) is 25.7 Å². The van der Waals surface area contributed by atoms with E-state index in [1.54, 1.807) is 14.2 Å². The van der Waals surface area contributed by atoms with Crippen LogP contribution < -0.4 is 10.6 Å². The molecule has 1 rings (SSSR count). The van der Waals surface area contributed by atoms with Gasteiger partial charge in [-0.2, -0.15) is 0 Å². The summed E-state index contributed by atoms with van der Waals surface area (Å²) in [5.41, 5.74) is 0. The van der Waals surface area contributed by atoms with E-state index in [0.717, 1.165) is 12.8 Å². The van der Waals surface area contributed by atoms with Crippen molar-refractivity contribution >= 4 is 12.0 Å². The Balaban J connectivity index is 2.25. The number of urea groups is 1. The number of carbonyl (C=O) groups excluding carboxylic acids is 1. The SMILES string of the molecule is COCCCC(NC(=O)NC1CC(OC)C1)C(=O)O. The van der Waals surface area contributed by atoms with E-state index in [1.165, 1.54) is 0 Å². The molecule has 7 nitrogen and oxygen atoms in total. The number of hydrogen-bond donors (Lipinski definition) is 3. The molecule has 1 fully saturated rings. The lowest BCUT2D eigenvalue weighted by molar-refractivity contribution is -0.139. The highest BCUT2D eigenvalue weighted by Gasteiger charge is 2.31. The monoisotopic (exact) mass is 274 g/mol. The number of carboxylic acids is 1. The van der Waals surface area contributed by atoms with Crippen molar-refractivity contribution in [3.63, 3.8) is 0 Å². The van der Waals surface area contributed by atoms with Gasteiger partial charge in [0.1, 0.15) is 6.04 Å². The molecule has 0 aromatic heterocycles. The van der Waals surface area contributed by atoms with E-state index in [-0.39, 0.29) is 12.1 Å². The Kier molecular flexibility index (Phi) is 6.58. The summed E-state index contributed by atoms with van der Waals surface area (Å²) in [6.45, 7) is 0.477. The summed E-state index contributed by atoms with van der Waals surface area (Å²) in [7, 11) is 3.19. The van der Waals surface area contributed by atoms with E-state index in [1.807, 2.05) is 0 Å². The lowest BCUT2D eigenvalue weighted by Gasteiger charge is -2.34. The van der Waals surface area contributed by atoms with Gasteiger partial charge in [-0.05, 0) is 25.7 Å². The second-order valence-electron chi connectivity index (χ2n) is 4.67. The van der Waals surface area contributed by atoms with Crippen molar-refractivity contribution in [1.29, 1.82) is 0 Å². The number of hydrogen-bond acceptors (Lipinski definition) is 4. The predicted octanol–water partition coefficient (Wildman–Crippen LogP) is 0.343. The first-order chi connectivity index (χ1) is 9.06. The fourth-order valence-electron chi connectivity index (χ4n) is 1.95. The Morgan fingerprint density at radius 3 is 2.58 bits per heavy atom. The molecule has 0 aliphatic heterocycles. The minimum atomic E-state index is -1.03. The summed E-state index contributed by atoms with van der Waals surface area (Å²) < 4.78 is 9.96. The van der Waals surface area contributed by atoms with Crippen molar-refractivity contribution in [2.24, 2.45) is 0 Å². The van der Waals surface area contributed by atoms with Crippen molar-refractivity contribution in [1.82, 2.24) is 10.6 Å². The molecule has 1 atom stereocenters. The Labute approximate surface area is 112 Å². The molecule has 3 N–H and O–H groups in total. The molecule has 0 spiro atoms. The zero-order valence-electron chi connectivity index (χ0n) is 11.3. The topological polar surface area (TPSA) is 96.9 Å². The van der Waals surface area contributed by atoms with Crippen LogP contribution >= 0.6 is 0 Å². The van der Waals surface area contributed by atoms with Crippen molar-refractivity contribution < 1.29 is 24.2 Å². The highest BCUT2D eigenvalue weighted by molar-refractivity contribution is 5.82. The first-order valence-electron chi connectivity index (χ1n) is 6.38. The van der Waals surface area contributed by atoms with Crippen molar-refractivity contribution in [2.45, 2.75) is 43.9 Å². The van der Waals surface area contributed by atoms with Crippen LogP contribution in [0.25, 0.3) is 0 Å². The highest BCUT2D eigenvalue weighted by Crippen LogP contribution is 2.22. The zero-order valence-corrected chi connectivity index (χ0v) is 11.3. The first kappa shape index (κ1) is 15.7. The lowest BCUT2D eigenvalue weighted by Crippen LogP contribution is -2.53. The predicted molar refractivity (Wildman–Crippen MR) is 68.0 cm³/mol. The van der Waals surface area contributed by atoms with Gasteiger partial charge in [-0.1, -0.05) is 0 Å². The van der Waals surface area contributed by atoms with E-state index in [0.29, 0.717) is 19.4 Å². The van der Waals surface area contributed by atoms with Crippen molar-refractivity contribution in [3.05, 3.63) is 0 Å². The van der Waals surface area contributed by atoms with Crippen LogP contribution in [-0.4, -0.2) is 56.1 Å². The second kappa shape index (κ2) is 7.96. The van der Waals surface area contributed by atoms with Crippen LogP contribution in [0.2, 0.25) is 0 Å². The van der Waals surface area contributed by atoms with Gasteiger partial charge >= 0.3 is 12.0 Å². The van der Waals surface area contributed by atoms with Gasteiger partial charge in [0.2, 0.25) is 0 Å². The summed E-state index contributed by atoms with van der Waals surface area (Å²) >= 11 is 0. The number of carboxylic acid groups (broad SMARTS) is 1. The molecule has 1 aliphatic carbocycles. The van der Waals surface area contributed by atoms with Gasteiger partial charge in [0.25, 0.3) is 0 Å². The molecule has 110 valence electrons. The summed E-state index contributed by atoms with van der Waals surface area (Å²) in [5, 5.41) is 14.2. The summed E-state index contributed by atoms with van der Waals surface area (Å²) in [6, 6.07) is -1.25. The maximum absolute atomic E-state index is 11.6. The van der Waals surface area contributed by atoms with Gasteiger partial charge in [-0.25, -0.2) is 9.59 Å². The maximum Gasteiger partial charge on any atom is 0.326 e. The average molecular weight is 274 g/mol. The van der Waals surface area contributed by atoms with Crippen LogP contribution in [0.4, 0.5) is 4.79 Å². The molecule has 1 saturated carbocycles. The molecule has 0 aromatic carbocycles. The molecule has 1 aliphatic rings. The lowest BCUT2D eigenvalue weighted by atomic mass is 9.89. The highest BCUT2D eigenvalue weighted by atomic mass is 16.5. The molecule has 0 saturated heterocycles. The zero-order chi connectivity index (χ0) is 14.3. The van der Waals surface area contributed by atoms with Crippen molar-refractivity contribution in [2.75, 3.05) is 20.8 Å². The Bertz CT molecular complexity index is 304. The summed E-state index contributed by atoms with van der Waals surface area (Å²) in [4.78, 5) is 22.6. The standard InChI is InChI=1S/C12H22N2O5/c1-18-5-3-4-10(11(15)16)14-12(17)13-8-6-9(7-8)19-2/h8-10H,3-7H2,1-2H3,(H,15,16)(H2,13,14,17). The number of ether oxygens (including phenoxy) is 2. The first-order valence-corrected chi connectivity index (χ1v) is 6.38. The van der Waals surface area contributed by atoms with Gasteiger partial charge in [-0.15, -0.1) is 0 Å². The Hall–Kier alpha value is -1.34. The smallest absolute Gasteiger partial charge is 0.326 e. The quantitative estimate of drug-likeness (QED) is 0.555. The van der Waals surface area contributed by atoms with Crippen LogP contribution in [0.15, 0.2) is 0 Å². The minimum absolute atomic E-state index is 0.0679. The van der Waals surface area contributed by atoms with Crippen LogP contribution in [-0.2, 0) is 14.3 Å². The molecule has 0 radical (unpaired) electrons. The van der Waals surface area contributed by atoms with E-state index < -0.39 is 18.0 Å². The van der Waals surface area contributed by atoms with E-state index in [2.05, 4.69) is 10.6 Å². The number of nitrogens with one attached hydrogen (secondary N) is 2. The molecule has 2 amide bonds. The number of amides is 2. The number of methoxy groups -OCH3 is 2. The fraction of sp³-hybridized carbons (Fsp3) is 0.833. The number of rotatable bonds is 8. The van der Waals surface area contributed by atoms with Crippen LogP contribution in [0.5, 0.6) is 0 Å². The molecule has 0 aromatic rings. The van der Waals surface area contributed by atoms with Gasteiger partial charge in [-0.3, -0.25) is 0 Å². The molecule has 0 bridgehead atoms. The largest absolute Gasteiger partial charge is 0.480 e. The minimum Gasteiger partial charge on any atom is -0.480 e. The average Bonchev–Trinajstić information content (AvgIpc) is 2.32.